The fourth-order valence-electron chi connectivity index (χ4n) is 4.13. The highest BCUT2D eigenvalue weighted by Crippen LogP contribution is 2.31. The van der Waals surface area contributed by atoms with Gasteiger partial charge in [-0.15, -0.1) is 0 Å². The largest absolute Gasteiger partial charge is 0.416 e. The van der Waals surface area contributed by atoms with Crippen molar-refractivity contribution in [1.29, 1.82) is 0 Å². The molecule has 2 heterocycles. The molecular weight excluding hydrogens is 505 g/mol. The predicted molar refractivity (Wildman–Crippen MR) is 127 cm³/mol. The Balaban J connectivity index is 1.39. The Morgan fingerprint density at radius 2 is 1.86 bits per heavy atom. The topological polar surface area (TPSA) is 38.1 Å². The van der Waals surface area contributed by atoms with Gasteiger partial charge >= 0.3 is 6.18 Å². The molecule has 0 unspecified atom stereocenters. The number of imidazole rings is 1. The summed E-state index contributed by atoms with van der Waals surface area (Å²) in [6.45, 7) is 1.41. The van der Waals surface area contributed by atoms with Crippen LogP contribution in [0.2, 0.25) is 10.0 Å². The number of piperidine rings is 1. The smallest absolute Gasteiger partial charge is 0.339 e. The average molecular weight is 526 g/mol. The van der Waals surface area contributed by atoms with E-state index in [1.807, 2.05) is 16.8 Å². The maximum atomic E-state index is 13.9. The average Bonchev–Trinajstić information content (AvgIpc) is 3.28. The fraction of sp³-hybridized carbons (Fsp3) is 0.280. The van der Waals surface area contributed by atoms with Crippen LogP contribution in [0, 0.1) is 5.82 Å². The van der Waals surface area contributed by atoms with Gasteiger partial charge in [0.25, 0.3) is 0 Å². The first kappa shape index (κ1) is 25.3. The van der Waals surface area contributed by atoms with Crippen molar-refractivity contribution in [3.05, 3.63) is 93.2 Å². The third-order valence-electron chi connectivity index (χ3n) is 6.00. The van der Waals surface area contributed by atoms with E-state index in [9.17, 15) is 22.4 Å². The van der Waals surface area contributed by atoms with Crippen LogP contribution in [0.15, 0.2) is 54.9 Å². The lowest BCUT2D eigenvalue weighted by molar-refractivity contribution is -0.137. The third-order valence-corrected chi connectivity index (χ3v) is 6.60. The Labute approximate surface area is 209 Å². The molecule has 0 radical (unpaired) electrons. The van der Waals surface area contributed by atoms with Crippen LogP contribution in [0.4, 0.5) is 17.6 Å². The number of halogens is 6. The fourth-order valence-corrected chi connectivity index (χ4v) is 4.51. The lowest BCUT2D eigenvalue weighted by Gasteiger charge is -2.31. The number of alkyl halides is 3. The van der Waals surface area contributed by atoms with Crippen LogP contribution < -0.4 is 0 Å². The highest BCUT2D eigenvalue weighted by Gasteiger charge is 2.31. The van der Waals surface area contributed by atoms with Gasteiger partial charge in [-0.1, -0.05) is 23.2 Å². The van der Waals surface area contributed by atoms with Gasteiger partial charge in [-0.05, 0) is 60.9 Å². The van der Waals surface area contributed by atoms with E-state index in [2.05, 4.69) is 4.98 Å². The molecule has 1 saturated heterocycles. The van der Waals surface area contributed by atoms with Crippen molar-refractivity contribution in [3.63, 3.8) is 0 Å². The van der Waals surface area contributed by atoms with Gasteiger partial charge in [0.1, 0.15) is 11.6 Å². The number of likely N-dealkylation sites (tertiary alicyclic amines) is 1. The van der Waals surface area contributed by atoms with Crippen molar-refractivity contribution >= 4 is 35.2 Å². The van der Waals surface area contributed by atoms with E-state index in [1.165, 1.54) is 0 Å². The number of aromatic nitrogens is 2. The minimum absolute atomic E-state index is 0.122. The lowest BCUT2D eigenvalue weighted by Crippen LogP contribution is -2.37. The first-order chi connectivity index (χ1) is 16.6. The van der Waals surface area contributed by atoms with E-state index in [0.717, 1.165) is 29.6 Å². The van der Waals surface area contributed by atoms with Crippen LogP contribution in [-0.4, -0.2) is 33.4 Å². The normalized spacial score (nSPS) is 15.2. The Hall–Kier alpha value is -2.84. The van der Waals surface area contributed by atoms with E-state index < -0.39 is 17.6 Å². The van der Waals surface area contributed by atoms with Crippen LogP contribution in [0.5, 0.6) is 0 Å². The van der Waals surface area contributed by atoms with Gasteiger partial charge in [0.15, 0.2) is 0 Å². The molecule has 0 aliphatic carbocycles. The van der Waals surface area contributed by atoms with Gasteiger partial charge in [0, 0.05) is 53.1 Å². The van der Waals surface area contributed by atoms with Crippen molar-refractivity contribution in [3.8, 4) is 0 Å². The zero-order valence-corrected chi connectivity index (χ0v) is 19.9. The maximum Gasteiger partial charge on any atom is 0.416 e. The number of rotatable bonds is 5. The highest BCUT2D eigenvalue weighted by molar-refractivity contribution is 6.33. The van der Waals surface area contributed by atoms with E-state index >= 15 is 0 Å². The molecule has 1 fully saturated rings. The molecule has 0 bridgehead atoms. The first-order valence-electron chi connectivity index (χ1n) is 10.9. The zero-order chi connectivity index (χ0) is 25.2. The molecule has 0 spiro atoms. The second kappa shape index (κ2) is 10.4. The van der Waals surface area contributed by atoms with Crippen LogP contribution in [0.1, 0.15) is 41.3 Å². The first-order valence-corrected chi connectivity index (χ1v) is 11.7. The molecule has 35 heavy (non-hydrogen) atoms. The third kappa shape index (κ3) is 6.05. The van der Waals surface area contributed by atoms with Crippen molar-refractivity contribution in [2.24, 2.45) is 0 Å². The molecule has 1 amide bonds. The molecule has 2 aromatic carbocycles. The van der Waals surface area contributed by atoms with Crippen molar-refractivity contribution in [1.82, 2.24) is 14.5 Å². The highest BCUT2D eigenvalue weighted by atomic mass is 35.5. The second-order valence-electron chi connectivity index (χ2n) is 8.32. The summed E-state index contributed by atoms with van der Waals surface area (Å²) in [6.07, 6.45) is 2.52. The van der Waals surface area contributed by atoms with Crippen LogP contribution in [0.3, 0.4) is 0 Å². The summed E-state index contributed by atoms with van der Waals surface area (Å²) in [7, 11) is 0. The molecule has 1 aliphatic heterocycles. The molecule has 1 aromatic heterocycles. The molecule has 0 saturated carbocycles. The number of benzene rings is 2. The SMILES string of the molecule is O=C(C=Cc1cc(C(F)(F)F)ccc1F)N1CCC(c2nccn2Cc2cc(Cl)ccc2Cl)CC1. The molecule has 184 valence electrons. The molecule has 3 aromatic rings. The number of nitrogens with zero attached hydrogens (tertiary/aromatic N) is 3. The number of carbonyl (C=O) groups is 1. The molecular formula is C25H21Cl2F4N3O. The second-order valence-corrected chi connectivity index (χ2v) is 9.16. The molecule has 10 heteroatoms. The molecule has 4 rings (SSSR count). The van der Waals surface area contributed by atoms with Gasteiger partial charge in [0.2, 0.25) is 5.91 Å². The van der Waals surface area contributed by atoms with Crippen LogP contribution >= 0.6 is 23.2 Å². The van der Waals surface area contributed by atoms with Crippen molar-refractivity contribution < 1.29 is 22.4 Å². The molecule has 0 N–H and O–H groups in total. The summed E-state index contributed by atoms with van der Waals surface area (Å²) in [5.41, 5.74) is -0.385. The minimum Gasteiger partial charge on any atom is -0.339 e. The van der Waals surface area contributed by atoms with E-state index in [4.69, 9.17) is 23.2 Å². The summed E-state index contributed by atoms with van der Waals surface area (Å²) < 4.78 is 54.6. The quantitative estimate of drug-likeness (QED) is 0.271. The molecule has 0 atom stereocenters. The summed E-state index contributed by atoms with van der Waals surface area (Å²) in [6, 6.07) is 7.40. The Kier molecular flexibility index (Phi) is 7.52. The van der Waals surface area contributed by atoms with Crippen LogP contribution in [0.25, 0.3) is 6.08 Å². The lowest BCUT2D eigenvalue weighted by atomic mass is 9.95. The summed E-state index contributed by atoms with van der Waals surface area (Å²) in [5, 5.41) is 1.20. The Bertz CT molecular complexity index is 1250. The predicted octanol–water partition coefficient (Wildman–Crippen LogP) is 6.82. The number of hydrogen-bond donors (Lipinski definition) is 0. The van der Waals surface area contributed by atoms with Crippen molar-refractivity contribution in [2.45, 2.75) is 31.5 Å². The minimum atomic E-state index is -4.59. The molecule has 4 nitrogen and oxygen atoms in total. The van der Waals surface area contributed by atoms with Gasteiger partial charge in [-0.25, -0.2) is 9.37 Å². The number of amides is 1. The summed E-state index contributed by atoms with van der Waals surface area (Å²) in [4.78, 5) is 18.7. The van der Waals surface area contributed by atoms with E-state index in [0.29, 0.717) is 54.7 Å². The summed E-state index contributed by atoms with van der Waals surface area (Å²) in [5.74, 6) is -0.201. The van der Waals surface area contributed by atoms with Gasteiger partial charge < -0.3 is 9.47 Å². The summed E-state index contributed by atoms with van der Waals surface area (Å²) >= 11 is 12.4. The molecule has 1 aliphatic rings. The maximum absolute atomic E-state index is 13.9. The van der Waals surface area contributed by atoms with Gasteiger partial charge in [0.05, 0.1) is 12.1 Å². The van der Waals surface area contributed by atoms with Gasteiger partial charge in [-0.2, -0.15) is 13.2 Å². The van der Waals surface area contributed by atoms with Gasteiger partial charge in [-0.3, -0.25) is 4.79 Å². The van der Waals surface area contributed by atoms with Crippen molar-refractivity contribution in [2.75, 3.05) is 13.1 Å². The number of hydrogen-bond acceptors (Lipinski definition) is 2. The Morgan fingerprint density at radius 1 is 1.11 bits per heavy atom. The Morgan fingerprint density at radius 3 is 2.57 bits per heavy atom. The van der Waals surface area contributed by atoms with E-state index in [1.54, 1.807) is 23.2 Å². The van der Waals surface area contributed by atoms with E-state index in [-0.39, 0.29) is 17.4 Å². The number of carbonyl (C=O) groups excluding carboxylic acids is 1. The standard InChI is InChI=1S/C25H21Cl2F4N3O/c26-20-3-4-21(27)18(14-20)15-34-12-9-32-24(34)16-7-10-33(11-8-16)23(35)6-1-17-13-19(25(29,30)31)2-5-22(17)28/h1-6,9,12-14,16H,7-8,10-11,15H2. The zero-order valence-electron chi connectivity index (χ0n) is 18.4. The van der Waals surface area contributed by atoms with Crippen LogP contribution in [-0.2, 0) is 17.5 Å². The monoisotopic (exact) mass is 525 g/mol.